The molecule has 29 heavy (non-hydrogen) atoms. The molecule has 1 aromatic carbocycles. The topological polar surface area (TPSA) is 72.3 Å². The van der Waals surface area contributed by atoms with Gasteiger partial charge in [0.25, 0.3) is 0 Å². The number of likely N-dealkylation sites (N-methyl/N-ethyl adjacent to an activating group) is 1. The summed E-state index contributed by atoms with van der Waals surface area (Å²) >= 11 is 12.2. The number of pyridine rings is 1. The molecule has 1 N–H and O–H groups in total. The number of hydrogen-bond acceptors (Lipinski definition) is 5. The molecule has 0 unspecified atom stereocenters. The average molecular weight is 448 g/mol. The number of aromatic nitrogens is 3. The number of benzene rings is 1. The number of anilines is 2. The van der Waals surface area contributed by atoms with E-state index in [2.05, 4.69) is 20.0 Å². The van der Waals surface area contributed by atoms with E-state index in [4.69, 9.17) is 23.2 Å². The van der Waals surface area contributed by atoms with Crippen molar-refractivity contribution >= 4 is 51.6 Å². The van der Waals surface area contributed by atoms with Gasteiger partial charge in [-0.25, -0.2) is 9.97 Å². The molecule has 0 saturated heterocycles. The number of alkyl halides is 3. The first-order chi connectivity index (χ1) is 13.5. The van der Waals surface area contributed by atoms with E-state index in [-0.39, 0.29) is 34.0 Å². The van der Waals surface area contributed by atoms with E-state index in [0.717, 1.165) is 12.1 Å². The van der Waals surface area contributed by atoms with Gasteiger partial charge in [0.15, 0.2) is 5.82 Å². The molecule has 0 bridgehead atoms. The Morgan fingerprint density at radius 1 is 1.24 bits per heavy atom. The lowest BCUT2D eigenvalue weighted by molar-refractivity contribution is -0.274. The number of amides is 1. The van der Waals surface area contributed by atoms with Gasteiger partial charge in [0, 0.05) is 32.4 Å². The number of imidazole rings is 1. The third-order valence-corrected chi connectivity index (χ3v) is 4.43. The minimum Gasteiger partial charge on any atom is -0.406 e. The second kappa shape index (κ2) is 7.96. The predicted molar refractivity (Wildman–Crippen MR) is 103 cm³/mol. The van der Waals surface area contributed by atoms with Crippen LogP contribution in [0.5, 0.6) is 5.75 Å². The first-order valence-electron chi connectivity index (χ1n) is 8.07. The number of nitrogens with zero attached hydrogens (tertiary/aromatic N) is 4. The van der Waals surface area contributed by atoms with E-state index in [1.54, 1.807) is 24.7 Å². The SMILES string of the molecule is CN(C)C(=O)Cn1cnc2c(Nc3c(Cl)cc(OC(F)(F)F)cc3Cl)nccc21. The number of fused-ring (bicyclic) bond motifs is 1. The standard InChI is InChI=1S/C17H14Cl2F3N5O2/c1-26(2)13(28)7-27-8-24-15-12(27)3-4-23-16(15)25-14-10(18)5-9(6-11(14)19)29-17(20,21)22/h3-6,8H,7H2,1-2H3,(H,23,25). The molecular formula is C17H14Cl2F3N5O2. The van der Waals surface area contributed by atoms with E-state index < -0.39 is 12.1 Å². The molecule has 0 spiro atoms. The second-order valence-electron chi connectivity index (χ2n) is 6.12. The van der Waals surface area contributed by atoms with Gasteiger partial charge in [0.05, 0.1) is 27.6 Å². The summed E-state index contributed by atoms with van der Waals surface area (Å²) in [6, 6.07) is 3.65. The zero-order valence-corrected chi connectivity index (χ0v) is 16.6. The molecule has 7 nitrogen and oxygen atoms in total. The molecule has 0 aliphatic heterocycles. The first kappa shape index (κ1) is 21.0. The van der Waals surface area contributed by atoms with Crippen LogP contribution in [-0.2, 0) is 11.3 Å². The van der Waals surface area contributed by atoms with E-state index in [0.29, 0.717) is 11.0 Å². The number of carbonyl (C=O) groups is 1. The van der Waals surface area contributed by atoms with Crippen LogP contribution in [-0.4, -0.2) is 45.8 Å². The van der Waals surface area contributed by atoms with E-state index in [1.165, 1.54) is 17.4 Å². The average Bonchev–Trinajstić information content (AvgIpc) is 3.00. The number of hydrogen-bond donors (Lipinski definition) is 1. The van der Waals surface area contributed by atoms with Crippen molar-refractivity contribution < 1.29 is 22.7 Å². The number of rotatable bonds is 5. The summed E-state index contributed by atoms with van der Waals surface area (Å²) in [5.41, 5.74) is 1.20. The predicted octanol–water partition coefficient (Wildman–Crippen LogP) is 4.47. The van der Waals surface area contributed by atoms with Gasteiger partial charge in [0.1, 0.15) is 17.8 Å². The summed E-state index contributed by atoms with van der Waals surface area (Å²) in [7, 11) is 3.29. The Labute approximate surface area is 173 Å². The van der Waals surface area contributed by atoms with Gasteiger partial charge in [-0.15, -0.1) is 13.2 Å². The molecule has 2 aromatic heterocycles. The van der Waals surface area contributed by atoms with Crippen molar-refractivity contribution in [1.82, 2.24) is 19.4 Å². The van der Waals surface area contributed by atoms with Gasteiger partial charge >= 0.3 is 6.36 Å². The number of halogens is 5. The van der Waals surface area contributed by atoms with Crippen molar-refractivity contribution in [3.8, 4) is 5.75 Å². The third kappa shape index (κ3) is 4.83. The summed E-state index contributed by atoms with van der Waals surface area (Å²) < 4.78 is 42.7. The van der Waals surface area contributed by atoms with Crippen LogP contribution in [0, 0.1) is 0 Å². The Hall–Kier alpha value is -2.72. The van der Waals surface area contributed by atoms with Crippen LogP contribution in [0.1, 0.15) is 0 Å². The second-order valence-corrected chi connectivity index (χ2v) is 6.94. The maximum absolute atomic E-state index is 12.4. The van der Waals surface area contributed by atoms with Crippen molar-refractivity contribution in [1.29, 1.82) is 0 Å². The highest BCUT2D eigenvalue weighted by atomic mass is 35.5. The molecule has 0 radical (unpaired) electrons. The minimum atomic E-state index is -4.87. The van der Waals surface area contributed by atoms with Crippen LogP contribution < -0.4 is 10.1 Å². The fraction of sp³-hybridized carbons (Fsp3) is 0.235. The van der Waals surface area contributed by atoms with E-state index in [1.807, 2.05) is 0 Å². The quantitative estimate of drug-likeness (QED) is 0.624. The highest BCUT2D eigenvalue weighted by molar-refractivity contribution is 6.39. The van der Waals surface area contributed by atoms with Crippen LogP contribution in [0.4, 0.5) is 24.7 Å². The summed E-state index contributed by atoms with van der Waals surface area (Å²) in [6.45, 7) is 0.0813. The normalized spacial score (nSPS) is 11.6. The summed E-state index contributed by atoms with van der Waals surface area (Å²) in [4.78, 5) is 21.9. The lowest BCUT2D eigenvalue weighted by atomic mass is 10.3. The van der Waals surface area contributed by atoms with Crippen LogP contribution in [0.15, 0.2) is 30.7 Å². The molecule has 3 rings (SSSR count). The molecule has 12 heteroatoms. The van der Waals surface area contributed by atoms with Gasteiger partial charge < -0.3 is 19.5 Å². The van der Waals surface area contributed by atoms with Gasteiger partial charge in [-0.05, 0) is 6.07 Å². The summed E-state index contributed by atoms with van der Waals surface area (Å²) in [6.07, 6.45) is -1.89. The van der Waals surface area contributed by atoms with Crippen molar-refractivity contribution in [2.24, 2.45) is 0 Å². The fourth-order valence-corrected chi connectivity index (χ4v) is 3.04. The molecule has 1 amide bonds. The highest BCUT2D eigenvalue weighted by Gasteiger charge is 2.31. The molecule has 0 fully saturated rings. The molecular weight excluding hydrogens is 434 g/mol. The van der Waals surface area contributed by atoms with Crippen molar-refractivity contribution in [3.05, 3.63) is 40.8 Å². The zero-order chi connectivity index (χ0) is 21.3. The maximum Gasteiger partial charge on any atom is 0.573 e. The molecule has 3 aromatic rings. The smallest absolute Gasteiger partial charge is 0.406 e. The third-order valence-electron chi connectivity index (χ3n) is 3.84. The van der Waals surface area contributed by atoms with Gasteiger partial charge in [0.2, 0.25) is 5.91 Å². The number of nitrogens with one attached hydrogen (secondary N) is 1. The highest BCUT2D eigenvalue weighted by Crippen LogP contribution is 2.38. The van der Waals surface area contributed by atoms with Crippen LogP contribution in [0.25, 0.3) is 11.0 Å². The largest absolute Gasteiger partial charge is 0.573 e. The minimum absolute atomic E-state index is 0.0813. The Kier molecular flexibility index (Phi) is 5.76. The molecule has 0 aliphatic carbocycles. The Balaban J connectivity index is 1.93. The van der Waals surface area contributed by atoms with E-state index in [9.17, 15) is 18.0 Å². The lowest BCUT2D eigenvalue weighted by Gasteiger charge is -2.14. The maximum atomic E-state index is 12.4. The van der Waals surface area contributed by atoms with Crippen LogP contribution in [0.2, 0.25) is 10.0 Å². The molecule has 2 heterocycles. The van der Waals surface area contributed by atoms with Crippen molar-refractivity contribution in [3.63, 3.8) is 0 Å². The first-order valence-corrected chi connectivity index (χ1v) is 8.82. The summed E-state index contributed by atoms with van der Waals surface area (Å²) in [5, 5.41) is 2.68. The van der Waals surface area contributed by atoms with Gasteiger partial charge in [-0.2, -0.15) is 0 Å². The molecule has 0 saturated carbocycles. The van der Waals surface area contributed by atoms with E-state index >= 15 is 0 Å². The Morgan fingerprint density at radius 2 is 1.90 bits per heavy atom. The van der Waals surface area contributed by atoms with Crippen molar-refractivity contribution in [2.45, 2.75) is 12.9 Å². The molecule has 0 aliphatic rings. The van der Waals surface area contributed by atoms with Gasteiger partial charge in [-0.3, -0.25) is 4.79 Å². The van der Waals surface area contributed by atoms with Gasteiger partial charge in [-0.1, -0.05) is 23.2 Å². The Morgan fingerprint density at radius 3 is 2.48 bits per heavy atom. The number of ether oxygens (including phenoxy) is 1. The number of carbonyl (C=O) groups excluding carboxylic acids is 1. The monoisotopic (exact) mass is 447 g/mol. The Bertz CT molecular complexity index is 1050. The zero-order valence-electron chi connectivity index (χ0n) is 15.1. The lowest BCUT2D eigenvalue weighted by Crippen LogP contribution is -2.25. The fourth-order valence-electron chi connectivity index (χ4n) is 2.48. The summed E-state index contributed by atoms with van der Waals surface area (Å²) in [5.74, 6) is -0.399. The molecule has 0 atom stereocenters. The van der Waals surface area contributed by atoms with Crippen LogP contribution >= 0.6 is 23.2 Å². The molecule has 154 valence electrons. The van der Waals surface area contributed by atoms with Crippen molar-refractivity contribution in [2.75, 3.05) is 19.4 Å². The van der Waals surface area contributed by atoms with Crippen LogP contribution in [0.3, 0.4) is 0 Å².